The van der Waals surface area contributed by atoms with Crippen LogP contribution in [0.1, 0.15) is 68.6 Å². The summed E-state index contributed by atoms with van der Waals surface area (Å²) in [7, 11) is 1.83. The predicted molar refractivity (Wildman–Crippen MR) is 133 cm³/mol. The molecule has 5 rings (SSSR count). The Morgan fingerprint density at radius 1 is 1.16 bits per heavy atom. The third-order valence-corrected chi connectivity index (χ3v) is 6.75. The van der Waals surface area contributed by atoms with Crippen molar-refractivity contribution in [2.75, 3.05) is 11.9 Å². The van der Waals surface area contributed by atoms with Crippen LogP contribution >= 0.6 is 0 Å². The van der Waals surface area contributed by atoms with Crippen LogP contribution in [0, 0.1) is 12.8 Å². The molecule has 3 aromatic rings. The van der Waals surface area contributed by atoms with E-state index in [4.69, 9.17) is 14.5 Å². The van der Waals surface area contributed by atoms with Crippen molar-refractivity contribution in [3.05, 3.63) is 29.3 Å². The molecule has 3 aromatic heterocycles. The van der Waals surface area contributed by atoms with Crippen molar-refractivity contribution in [3.63, 3.8) is 0 Å². The smallest absolute Gasteiger partial charge is 0.321 e. The Balaban J connectivity index is 1.30. The summed E-state index contributed by atoms with van der Waals surface area (Å²) in [4.78, 5) is 29.5. The van der Waals surface area contributed by atoms with Crippen LogP contribution < -0.4 is 14.8 Å². The van der Waals surface area contributed by atoms with Gasteiger partial charge in [-0.1, -0.05) is 5.21 Å². The van der Waals surface area contributed by atoms with Gasteiger partial charge in [-0.2, -0.15) is 15.0 Å². The van der Waals surface area contributed by atoms with Gasteiger partial charge in [0.2, 0.25) is 5.95 Å². The fourth-order valence-corrected chi connectivity index (χ4v) is 4.57. The van der Waals surface area contributed by atoms with E-state index in [-0.39, 0.29) is 12.0 Å². The molecule has 2 atom stereocenters. The van der Waals surface area contributed by atoms with Gasteiger partial charge in [0.25, 0.3) is 0 Å². The molecule has 37 heavy (non-hydrogen) atoms. The SMILES string of the molecule is CCOc1nc(NCc2c(-c3ccc(O[C@H]4CCC[C@H](C(=O)O)C4)c(C)n3)nnn2C)nc(C2CC2)n1. The molecule has 0 spiro atoms. The van der Waals surface area contributed by atoms with E-state index in [0.29, 0.717) is 66.7 Å². The fraction of sp³-hybridized carbons (Fsp3) is 0.560. The number of pyridine rings is 1. The van der Waals surface area contributed by atoms with Crippen molar-refractivity contribution in [1.82, 2.24) is 34.9 Å². The predicted octanol–water partition coefficient (Wildman–Crippen LogP) is 3.28. The Morgan fingerprint density at radius 3 is 2.73 bits per heavy atom. The number of nitrogens with zero attached hydrogens (tertiary/aromatic N) is 7. The van der Waals surface area contributed by atoms with Crippen molar-refractivity contribution in [2.24, 2.45) is 13.0 Å². The van der Waals surface area contributed by atoms with E-state index in [0.717, 1.165) is 37.2 Å². The first kappa shape index (κ1) is 24.8. The maximum atomic E-state index is 11.4. The zero-order valence-corrected chi connectivity index (χ0v) is 21.3. The molecule has 2 aliphatic carbocycles. The second-order valence-corrected chi connectivity index (χ2v) is 9.59. The van der Waals surface area contributed by atoms with Gasteiger partial charge in [-0.3, -0.25) is 4.79 Å². The molecule has 2 fully saturated rings. The van der Waals surface area contributed by atoms with Gasteiger partial charge in [-0.25, -0.2) is 9.67 Å². The number of carboxylic acids is 1. The molecule has 0 saturated heterocycles. The Labute approximate surface area is 214 Å². The van der Waals surface area contributed by atoms with Crippen LogP contribution in [0.5, 0.6) is 11.8 Å². The minimum Gasteiger partial charge on any atom is -0.489 e. The highest BCUT2D eigenvalue weighted by molar-refractivity contribution is 5.70. The number of carbonyl (C=O) groups is 1. The molecule has 0 unspecified atom stereocenters. The van der Waals surface area contributed by atoms with E-state index in [1.54, 1.807) is 4.68 Å². The van der Waals surface area contributed by atoms with E-state index in [1.807, 2.05) is 33.0 Å². The molecule has 196 valence electrons. The van der Waals surface area contributed by atoms with Gasteiger partial charge in [0.05, 0.1) is 42.3 Å². The molecule has 0 bridgehead atoms. The van der Waals surface area contributed by atoms with Crippen molar-refractivity contribution in [3.8, 4) is 23.1 Å². The topological polar surface area (TPSA) is 150 Å². The molecule has 2 saturated carbocycles. The van der Waals surface area contributed by atoms with Gasteiger partial charge in [0.15, 0.2) is 0 Å². The molecule has 12 heteroatoms. The van der Waals surface area contributed by atoms with Crippen LogP contribution in [0.2, 0.25) is 0 Å². The number of hydrogen-bond acceptors (Lipinski definition) is 10. The number of aliphatic carboxylic acids is 1. The van der Waals surface area contributed by atoms with Crippen LogP contribution in [-0.4, -0.2) is 58.7 Å². The lowest BCUT2D eigenvalue weighted by molar-refractivity contribution is -0.143. The second kappa shape index (κ2) is 10.7. The second-order valence-electron chi connectivity index (χ2n) is 9.59. The van der Waals surface area contributed by atoms with Crippen LogP contribution in [0.25, 0.3) is 11.4 Å². The number of aromatic nitrogens is 7. The van der Waals surface area contributed by atoms with Crippen LogP contribution in [-0.2, 0) is 18.4 Å². The number of aryl methyl sites for hydroxylation is 2. The minimum absolute atomic E-state index is 0.125. The first-order chi connectivity index (χ1) is 17.9. The highest BCUT2D eigenvalue weighted by atomic mass is 16.5. The molecule has 3 heterocycles. The number of carboxylic acid groups (broad SMARTS) is 1. The summed E-state index contributed by atoms with van der Waals surface area (Å²) in [6.07, 6.45) is 4.94. The number of ether oxygens (including phenoxy) is 2. The molecule has 0 radical (unpaired) electrons. The summed E-state index contributed by atoms with van der Waals surface area (Å²) in [6.45, 7) is 4.64. The molecule has 2 aliphatic rings. The number of rotatable bonds is 10. The van der Waals surface area contributed by atoms with Crippen molar-refractivity contribution >= 4 is 11.9 Å². The Kier molecular flexibility index (Phi) is 7.15. The highest BCUT2D eigenvalue weighted by Gasteiger charge is 2.29. The summed E-state index contributed by atoms with van der Waals surface area (Å²) >= 11 is 0. The summed E-state index contributed by atoms with van der Waals surface area (Å²) < 4.78 is 13.4. The summed E-state index contributed by atoms with van der Waals surface area (Å²) in [5.74, 6) is 1.13. The molecular weight excluding hydrogens is 476 g/mol. The monoisotopic (exact) mass is 508 g/mol. The summed E-state index contributed by atoms with van der Waals surface area (Å²) in [5.41, 5.74) is 2.86. The normalized spacial score (nSPS) is 19.4. The van der Waals surface area contributed by atoms with Gasteiger partial charge in [0, 0.05) is 13.0 Å². The molecule has 12 nitrogen and oxygen atoms in total. The van der Waals surface area contributed by atoms with Gasteiger partial charge in [-0.05, 0) is 64.5 Å². The lowest BCUT2D eigenvalue weighted by Crippen LogP contribution is -2.29. The van der Waals surface area contributed by atoms with Crippen LogP contribution in [0.15, 0.2) is 12.1 Å². The number of anilines is 1. The van der Waals surface area contributed by atoms with Crippen molar-refractivity contribution in [1.29, 1.82) is 0 Å². The number of hydrogen-bond donors (Lipinski definition) is 2. The number of nitrogens with one attached hydrogen (secondary N) is 1. The van der Waals surface area contributed by atoms with E-state index in [9.17, 15) is 9.90 Å². The van der Waals surface area contributed by atoms with Gasteiger partial charge >= 0.3 is 12.0 Å². The standard InChI is InChI=1S/C25H32N8O4/c1-4-36-25-29-22(15-8-9-15)28-24(30-25)26-13-19-21(31-32-33(19)3)18-10-11-20(14(2)27-18)37-17-7-5-6-16(12-17)23(34)35/h10-11,15-17H,4-9,12-13H2,1-3H3,(H,34,35)(H,26,28,29,30)/t16-,17-/m0/s1. The van der Waals surface area contributed by atoms with Crippen molar-refractivity contribution < 1.29 is 19.4 Å². The van der Waals surface area contributed by atoms with Crippen molar-refractivity contribution in [2.45, 2.75) is 70.9 Å². The third-order valence-electron chi connectivity index (χ3n) is 6.75. The Hall–Kier alpha value is -3.83. The first-order valence-corrected chi connectivity index (χ1v) is 12.8. The Morgan fingerprint density at radius 2 is 2.00 bits per heavy atom. The third kappa shape index (κ3) is 5.78. The lowest BCUT2D eigenvalue weighted by Gasteiger charge is -2.27. The van der Waals surface area contributed by atoms with Crippen LogP contribution in [0.4, 0.5) is 5.95 Å². The average molecular weight is 509 g/mol. The van der Waals surface area contributed by atoms with E-state index in [2.05, 4.69) is 30.6 Å². The quantitative estimate of drug-likeness (QED) is 0.415. The molecule has 2 N–H and O–H groups in total. The highest BCUT2D eigenvalue weighted by Crippen LogP contribution is 2.38. The fourth-order valence-electron chi connectivity index (χ4n) is 4.57. The van der Waals surface area contributed by atoms with E-state index < -0.39 is 5.97 Å². The van der Waals surface area contributed by atoms with Crippen LogP contribution in [0.3, 0.4) is 0 Å². The van der Waals surface area contributed by atoms with E-state index in [1.165, 1.54) is 0 Å². The van der Waals surface area contributed by atoms with Gasteiger partial charge < -0.3 is 19.9 Å². The zero-order chi connectivity index (χ0) is 25.9. The summed E-state index contributed by atoms with van der Waals surface area (Å²) in [5, 5.41) is 21.2. The molecular formula is C25H32N8O4. The molecule has 0 amide bonds. The summed E-state index contributed by atoms with van der Waals surface area (Å²) in [6, 6.07) is 4.05. The minimum atomic E-state index is -0.752. The zero-order valence-electron chi connectivity index (χ0n) is 21.3. The first-order valence-electron chi connectivity index (χ1n) is 12.8. The maximum absolute atomic E-state index is 11.4. The van der Waals surface area contributed by atoms with Gasteiger partial charge in [0.1, 0.15) is 17.3 Å². The molecule has 0 aliphatic heterocycles. The Bertz CT molecular complexity index is 1280. The van der Waals surface area contributed by atoms with E-state index >= 15 is 0 Å². The maximum Gasteiger partial charge on any atom is 0.321 e. The molecule has 0 aromatic carbocycles. The lowest BCUT2D eigenvalue weighted by atomic mass is 9.87. The largest absolute Gasteiger partial charge is 0.489 e. The van der Waals surface area contributed by atoms with Gasteiger partial charge in [-0.15, -0.1) is 5.10 Å². The average Bonchev–Trinajstić information content (AvgIpc) is 3.67.